The lowest BCUT2D eigenvalue weighted by Gasteiger charge is -2.16. The number of benzene rings is 3. The van der Waals surface area contributed by atoms with Gasteiger partial charge in [0.05, 0.1) is 17.3 Å². The van der Waals surface area contributed by atoms with Gasteiger partial charge in [-0.1, -0.05) is 17.7 Å². The van der Waals surface area contributed by atoms with Crippen molar-refractivity contribution in [1.29, 1.82) is 0 Å². The lowest BCUT2D eigenvalue weighted by atomic mass is 10.2. The van der Waals surface area contributed by atoms with Crippen LogP contribution in [-0.4, -0.2) is 35.8 Å². The number of anilines is 1. The van der Waals surface area contributed by atoms with Crippen molar-refractivity contribution in [3.05, 3.63) is 122 Å². The molecule has 0 saturated heterocycles. The lowest BCUT2D eigenvalue weighted by Crippen LogP contribution is -2.20. The van der Waals surface area contributed by atoms with Crippen LogP contribution in [0.5, 0.6) is 17.2 Å². The number of nitrogens with zero attached hydrogens (tertiary/aromatic N) is 2. The van der Waals surface area contributed by atoms with Crippen LogP contribution in [0.15, 0.2) is 97.3 Å². The summed E-state index contributed by atoms with van der Waals surface area (Å²) in [5.41, 5.74) is 8.19. The van der Waals surface area contributed by atoms with Crippen LogP contribution in [0.25, 0.3) is 5.69 Å². The van der Waals surface area contributed by atoms with Crippen molar-refractivity contribution in [1.82, 2.24) is 9.99 Å². The molecule has 0 bridgehead atoms. The standard InChI is InChI=1S/C36H34Br2N4O6/c1-5-45-31-18-25(33(37)34(38)35(31)47-21-32(43)40-26-10-6-22(2)7-11-26)19-39-41-36(44)30-17-16-29(48-30)20-46-28-14-12-27(13-15-28)42-23(3)8-9-24(42)4/h6-19H,5,20-21H2,1-4H3,(H,40,43)(H,41,44)/b39-19+. The molecule has 0 saturated carbocycles. The normalized spacial score (nSPS) is 11.0. The van der Waals surface area contributed by atoms with Gasteiger partial charge in [-0.05, 0) is 126 Å². The second-order valence-electron chi connectivity index (χ2n) is 10.8. The number of hydrogen-bond acceptors (Lipinski definition) is 7. The fraction of sp³-hybridized carbons (Fsp3) is 0.194. The van der Waals surface area contributed by atoms with Gasteiger partial charge in [-0.25, -0.2) is 5.43 Å². The van der Waals surface area contributed by atoms with Gasteiger partial charge in [0.15, 0.2) is 23.9 Å². The number of amides is 2. The maximum atomic E-state index is 12.7. The predicted molar refractivity (Wildman–Crippen MR) is 192 cm³/mol. The van der Waals surface area contributed by atoms with Crippen molar-refractivity contribution in [3.8, 4) is 22.9 Å². The molecule has 12 heteroatoms. The van der Waals surface area contributed by atoms with Crippen LogP contribution in [0.2, 0.25) is 0 Å². The van der Waals surface area contributed by atoms with E-state index in [9.17, 15) is 9.59 Å². The van der Waals surface area contributed by atoms with E-state index in [1.54, 1.807) is 18.2 Å². The maximum Gasteiger partial charge on any atom is 0.307 e. The van der Waals surface area contributed by atoms with Crippen LogP contribution in [0.3, 0.4) is 0 Å². The van der Waals surface area contributed by atoms with E-state index in [-0.39, 0.29) is 24.9 Å². The summed E-state index contributed by atoms with van der Waals surface area (Å²) in [6, 6.07) is 24.4. The summed E-state index contributed by atoms with van der Waals surface area (Å²) in [4.78, 5) is 25.2. The van der Waals surface area contributed by atoms with Crippen LogP contribution >= 0.6 is 31.9 Å². The summed E-state index contributed by atoms with van der Waals surface area (Å²) >= 11 is 7.06. The van der Waals surface area contributed by atoms with Crippen LogP contribution in [-0.2, 0) is 11.4 Å². The number of carbonyl (C=O) groups is 2. The number of halogens is 2. The summed E-state index contributed by atoms with van der Waals surface area (Å²) in [6.07, 6.45) is 1.45. The Morgan fingerprint density at radius 1 is 0.875 bits per heavy atom. The molecule has 0 spiro atoms. The number of carbonyl (C=O) groups excluding carboxylic acids is 2. The average Bonchev–Trinajstić information content (AvgIpc) is 3.69. The highest BCUT2D eigenvalue weighted by molar-refractivity contribution is 9.13. The van der Waals surface area contributed by atoms with Crippen molar-refractivity contribution in [2.45, 2.75) is 34.3 Å². The summed E-state index contributed by atoms with van der Waals surface area (Å²) in [6.45, 7) is 8.21. The number of nitrogens with one attached hydrogen (secondary N) is 2. The molecule has 0 aliphatic heterocycles. The quantitative estimate of drug-likeness (QED) is 0.0919. The second-order valence-corrected chi connectivity index (χ2v) is 12.3. The largest absolute Gasteiger partial charge is 0.490 e. The molecule has 0 atom stereocenters. The third-order valence-corrected chi connectivity index (χ3v) is 9.28. The molecule has 0 aliphatic carbocycles. The number of ether oxygens (including phenoxy) is 3. The zero-order valence-corrected chi connectivity index (χ0v) is 30.0. The first kappa shape index (κ1) is 34.5. The van der Waals surface area contributed by atoms with Crippen LogP contribution in [0.1, 0.15) is 45.8 Å². The van der Waals surface area contributed by atoms with Gasteiger partial charge in [0.2, 0.25) is 0 Å². The topological polar surface area (TPSA) is 116 Å². The van der Waals surface area contributed by atoms with Crippen molar-refractivity contribution in [2.24, 2.45) is 5.10 Å². The molecule has 5 aromatic rings. The van der Waals surface area contributed by atoms with Crippen LogP contribution < -0.4 is 25.0 Å². The molecule has 2 aromatic heterocycles. The first-order valence-corrected chi connectivity index (χ1v) is 16.7. The molecule has 2 amide bonds. The Balaban J connectivity index is 1.16. The summed E-state index contributed by atoms with van der Waals surface area (Å²) in [5.74, 6) is 1.14. The number of aryl methyl sites for hydroxylation is 3. The van der Waals surface area contributed by atoms with E-state index < -0.39 is 5.91 Å². The molecule has 48 heavy (non-hydrogen) atoms. The zero-order chi connectivity index (χ0) is 34.2. The highest BCUT2D eigenvalue weighted by Crippen LogP contribution is 2.42. The van der Waals surface area contributed by atoms with E-state index in [2.05, 4.69) is 78.3 Å². The van der Waals surface area contributed by atoms with E-state index >= 15 is 0 Å². The Hall–Kier alpha value is -4.81. The maximum absolute atomic E-state index is 12.7. The Morgan fingerprint density at radius 3 is 2.27 bits per heavy atom. The Bertz CT molecular complexity index is 1910. The number of rotatable bonds is 13. The summed E-state index contributed by atoms with van der Waals surface area (Å²) in [7, 11) is 0. The summed E-state index contributed by atoms with van der Waals surface area (Å²) in [5, 5.41) is 6.90. The molecule has 2 N–H and O–H groups in total. The molecular weight excluding hydrogens is 744 g/mol. The summed E-state index contributed by atoms with van der Waals surface area (Å²) < 4.78 is 26.4. The fourth-order valence-corrected chi connectivity index (χ4v) is 5.72. The van der Waals surface area contributed by atoms with Crippen molar-refractivity contribution in [3.63, 3.8) is 0 Å². The van der Waals surface area contributed by atoms with Gasteiger partial charge >= 0.3 is 5.91 Å². The third kappa shape index (κ3) is 8.55. The molecule has 2 heterocycles. The predicted octanol–water partition coefficient (Wildman–Crippen LogP) is 8.28. The Kier molecular flexibility index (Phi) is 11.4. The van der Waals surface area contributed by atoms with E-state index in [0.29, 0.717) is 49.8 Å². The lowest BCUT2D eigenvalue weighted by molar-refractivity contribution is -0.118. The molecular formula is C36H34Br2N4O6. The second kappa shape index (κ2) is 15.9. The van der Waals surface area contributed by atoms with Gasteiger partial charge in [0.25, 0.3) is 5.91 Å². The van der Waals surface area contributed by atoms with Gasteiger partial charge in [0, 0.05) is 32.8 Å². The molecule has 0 radical (unpaired) electrons. The minimum atomic E-state index is -0.529. The first-order chi connectivity index (χ1) is 23.1. The number of aromatic nitrogens is 1. The van der Waals surface area contributed by atoms with E-state index in [4.69, 9.17) is 18.6 Å². The van der Waals surface area contributed by atoms with Crippen molar-refractivity contribution < 1.29 is 28.2 Å². The van der Waals surface area contributed by atoms with Gasteiger partial charge in [-0.2, -0.15) is 5.10 Å². The van der Waals surface area contributed by atoms with E-state index in [1.165, 1.54) is 6.21 Å². The molecule has 0 aliphatic rings. The van der Waals surface area contributed by atoms with Gasteiger partial charge in [-0.3, -0.25) is 9.59 Å². The van der Waals surface area contributed by atoms with Gasteiger partial charge in [0.1, 0.15) is 18.1 Å². The highest BCUT2D eigenvalue weighted by atomic mass is 79.9. The smallest absolute Gasteiger partial charge is 0.307 e. The Labute approximate surface area is 295 Å². The molecule has 248 valence electrons. The van der Waals surface area contributed by atoms with Crippen molar-refractivity contribution >= 4 is 55.6 Å². The monoisotopic (exact) mass is 776 g/mol. The zero-order valence-electron chi connectivity index (χ0n) is 26.8. The minimum Gasteiger partial charge on any atom is -0.490 e. The van der Waals surface area contributed by atoms with Crippen LogP contribution in [0.4, 0.5) is 5.69 Å². The Morgan fingerprint density at radius 2 is 1.58 bits per heavy atom. The number of hydrogen-bond donors (Lipinski definition) is 2. The van der Waals surface area contributed by atoms with E-state index in [1.807, 2.05) is 62.4 Å². The fourth-order valence-electron chi connectivity index (χ4n) is 4.78. The molecule has 0 unspecified atom stereocenters. The third-order valence-electron chi connectivity index (χ3n) is 7.14. The number of hydrazone groups is 1. The molecule has 10 nitrogen and oxygen atoms in total. The van der Waals surface area contributed by atoms with Gasteiger partial charge in [-0.15, -0.1) is 0 Å². The molecule has 5 rings (SSSR count). The van der Waals surface area contributed by atoms with Crippen LogP contribution in [0, 0.1) is 20.8 Å². The van der Waals surface area contributed by atoms with Gasteiger partial charge < -0.3 is 28.5 Å². The number of furan rings is 1. The molecule has 0 fully saturated rings. The average molecular weight is 778 g/mol. The first-order valence-electron chi connectivity index (χ1n) is 15.1. The van der Waals surface area contributed by atoms with Crippen molar-refractivity contribution in [2.75, 3.05) is 18.5 Å². The van der Waals surface area contributed by atoms with E-state index in [0.717, 1.165) is 22.6 Å². The highest BCUT2D eigenvalue weighted by Gasteiger charge is 2.19. The SMILES string of the molecule is CCOc1cc(/C=N/NC(=O)c2ccc(COc3ccc(-n4c(C)ccc4C)cc3)o2)c(Br)c(Br)c1OCC(=O)Nc1ccc(C)cc1. The molecule has 3 aromatic carbocycles. The minimum absolute atomic E-state index is 0.0857.